The number of carbonyl (C=O) groups excluding carboxylic acids is 1. The Morgan fingerprint density at radius 2 is 2.04 bits per heavy atom. The Hall–Kier alpha value is -2.93. The van der Waals surface area contributed by atoms with Crippen molar-refractivity contribution < 1.29 is 19.4 Å². The maximum absolute atomic E-state index is 12.0. The summed E-state index contributed by atoms with van der Waals surface area (Å²) in [6, 6.07) is 11.0. The van der Waals surface area contributed by atoms with Crippen LogP contribution >= 0.6 is 0 Å². The second-order valence-corrected chi connectivity index (χ2v) is 5.52. The van der Waals surface area contributed by atoms with Crippen LogP contribution in [-0.2, 0) is 11.3 Å². The number of hydrogen-bond acceptors (Lipinski definition) is 7. The van der Waals surface area contributed by atoms with E-state index in [0.29, 0.717) is 29.6 Å². The number of aliphatic hydroxyl groups excluding tert-OH is 1. The van der Waals surface area contributed by atoms with E-state index in [2.05, 4.69) is 9.98 Å². The normalized spacial score (nSPS) is 17.2. The maximum Gasteiger partial charge on any atom is 0.209 e. The number of benzene rings is 1. The standard InChI is InChI=1S/C18H19N3O4/c1-24-15-8-5-6-12(16(15)25-2)10-21-11-14(22)18(23)20-17(21)13-7-3-4-9-19-13/h3-9,18,23H,10-11H2,1-2H3. The number of aromatic nitrogens is 1. The number of methoxy groups -OCH3 is 2. The molecule has 7 nitrogen and oxygen atoms in total. The summed E-state index contributed by atoms with van der Waals surface area (Å²) in [5, 5.41) is 9.84. The number of Topliss-reactive ketones (excluding diaryl/α,β-unsaturated/α-hetero) is 1. The minimum atomic E-state index is -1.36. The van der Waals surface area contributed by atoms with Gasteiger partial charge in [0.25, 0.3) is 0 Å². The summed E-state index contributed by atoms with van der Waals surface area (Å²) >= 11 is 0. The minimum absolute atomic E-state index is 0.0386. The lowest BCUT2D eigenvalue weighted by molar-refractivity contribution is -0.128. The first-order valence-corrected chi connectivity index (χ1v) is 7.79. The van der Waals surface area contributed by atoms with Gasteiger partial charge in [-0.15, -0.1) is 0 Å². The highest BCUT2D eigenvalue weighted by atomic mass is 16.5. The van der Waals surface area contributed by atoms with Gasteiger partial charge in [-0.25, -0.2) is 4.99 Å². The van der Waals surface area contributed by atoms with Gasteiger partial charge in [-0.05, 0) is 18.2 Å². The molecule has 0 saturated heterocycles. The number of amidine groups is 1. The van der Waals surface area contributed by atoms with Gasteiger partial charge < -0.3 is 19.5 Å². The van der Waals surface area contributed by atoms with Gasteiger partial charge in [0.2, 0.25) is 12.0 Å². The van der Waals surface area contributed by atoms with E-state index < -0.39 is 6.23 Å². The lowest BCUT2D eigenvalue weighted by atomic mass is 10.1. The maximum atomic E-state index is 12.0. The first kappa shape index (κ1) is 16.9. The Morgan fingerprint density at radius 3 is 2.72 bits per heavy atom. The monoisotopic (exact) mass is 341 g/mol. The summed E-state index contributed by atoms with van der Waals surface area (Å²) in [6.45, 7) is 0.408. The molecule has 0 saturated carbocycles. The Balaban J connectivity index is 1.98. The van der Waals surface area contributed by atoms with Crippen molar-refractivity contribution in [2.75, 3.05) is 20.8 Å². The molecule has 1 aliphatic heterocycles. The number of para-hydroxylation sites is 1. The van der Waals surface area contributed by atoms with Crippen LogP contribution in [0.3, 0.4) is 0 Å². The summed E-state index contributed by atoms with van der Waals surface area (Å²) in [5.74, 6) is 1.32. The van der Waals surface area contributed by atoms with Crippen molar-refractivity contribution >= 4 is 11.6 Å². The SMILES string of the molecule is COc1cccc(CN2CC(=O)C(O)N=C2c2ccccn2)c1OC. The number of hydrogen-bond donors (Lipinski definition) is 1. The number of aliphatic hydroxyl groups is 1. The lowest BCUT2D eigenvalue weighted by Gasteiger charge is -2.30. The Bertz CT molecular complexity index is 792. The minimum Gasteiger partial charge on any atom is -0.493 e. The third-order valence-electron chi connectivity index (χ3n) is 3.92. The molecule has 0 amide bonds. The van der Waals surface area contributed by atoms with Crippen LogP contribution in [0.1, 0.15) is 11.3 Å². The summed E-state index contributed by atoms with van der Waals surface area (Å²) in [6.07, 6.45) is 0.283. The van der Waals surface area contributed by atoms with E-state index in [1.807, 2.05) is 18.2 Å². The van der Waals surface area contributed by atoms with Crippen LogP contribution in [0.4, 0.5) is 0 Å². The molecule has 0 radical (unpaired) electrons. The van der Waals surface area contributed by atoms with Crippen molar-refractivity contribution in [1.29, 1.82) is 0 Å². The van der Waals surface area contributed by atoms with Crippen molar-refractivity contribution in [2.45, 2.75) is 12.8 Å². The molecule has 1 aliphatic rings. The van der Waals surface area contributed by atoms with Crippen molar-refractivity contribution in [3.63, 3.8) is 0 Å². The molecule has 1 aromatic carbocycles. The smallest absolute Gasteiger partial charge is 0.209 e. The summed E-state index contributed by atoms with van der Waals surface area (Å²) < 4.78 is 10.8. The van der Waals surface area contributed by atoms with Crippen molar-refractivity contribution in [2.24, 2.45) is 4.99 Å². The number of nitrogens with zero attached hydrogens (tertiary/aromatic N) is 3. The molecule has 0 bridgehead atoms. The molecule has 2 heterocycles. The molecule has 3 rings (SSSR count). The van der Waals surface area contributed by atoms with E-state index >= 15 is 0 Å². The Labute approximate surface area is 145 Å². The second-order valence-electron chi connectivity index (χ2n) is 5.52. The molecule has 25 heavy (non-hydrogen) atoms. The molecular formula is C18H19N3O4. The highest BCUT2D eigenvalue weighted by Gasteiger charge is 2.29. The molecule has 1 aromatic heterocycles. The molecular weight excluding hydrogens is 322 g/mol. The molecule has 130 valence electrons. The molecule has 0 fully saturated rings. The van der Waals surface area contributed by atoms with E-state index in [-0.39, 0.29) is 12.3 Å². The molecule has 2 aromatic rings. The predicted octanol–water partition coefficient (Wildman–Crippen LogP) is 1.25. The molecule has 1 unspecified atom stereocenters. The average molecular weight is 341 g/mol. The van der Waals surface area contributed by atoms with Crippen molar-refractivity contribution in [3.8, 4) is 11.5 Å². The van der Waals surface area contributed by atoms with Gasteiger partial charge in [0, 0.05) is 18.3 Å². The Morgan fingerprint density at radius 1 is 1.20 bits per heavy atom. The van der Waals surface area contributed by atoms with Crippen LogP contribution in [0.25, 0.3) is 0 Å². The van der Waals surface area contributed by atoms with Crippen LogP contribution < -0.4 is 9.47 Å². The highest BCUT2D eigenvalue weighted by molar-refractivity contribution is 6.03. The van der Waals surface area contributed by atoms with Gasteiger partial charge in [0.1, 0.15) is 5.69 Å². The average Bonchev–Trinajstić information content (AvgIpc) is 2.65. The molecule has 0 aliphatic carbocycles. The molecule has 1 N–H and O–H groups in total. The third kappa shape index (κ3) is 3.46. The molecule has 1 atom stereocenters. The number of ketones is 1. The summed E-state index contributed by atoms with van der Waals surface area (Å²) in [4.78, 5) is 22.1. The lowest BCUT2D eigenvalue weighted by Crippen LogP contribution is -2.45. The number of rotatable bonds is 5. The fourth-order valence-electron chi connectivity index (χ4n) is 2.75. The van der Waals surface area contributed by atoms with Gasteiger partial charge in [-0.2, -0.15) is 0 Å². The topological polar surface area (TPSA) is 84.2 Å². The van der Waals surface area contributed by atoms with Gasteiger partial charge in [-0.3, -0.25) is 9.78 Å². The van der Waals surface area contributed by atoms with Crippen molar-refractivity contribution in [3.05, 3.63) is 53.9 Å². The highest BCUT2D eigenvalue weighted by Crippen LogP contribution is 2.32. The zero-order valence-corrected chi connectivity index (χ0v) is 14.0. The van der Waals surface area contributed by atoms with Crippen LogP contribution in [0.2, 0.25) is 0 Å². The fourth-order valence-corrected chi connectivity index (χ4v) is 2.75. The van der Waals surface area contributed by atoms with E-state index in [0.717, 1.165) is 5.56 Å². The third-order valence-corrected chi connectivity index (χ3v) is 3.92. The van der Waals surface area contributed by atoms with Crippen LogP contribution in [0, 0.1) is 0 Å². The van der Waals surface area contributed by atoms with Gasteiger partial charge >= 0.3 is 0 Å². The molecule has 7 heteroatoms. The number of carbonyl (C=O) groups is 1. The number of ether oxygens (including phenoxy) is 2. The van der Waals surface area contributed by atoms with Crippen LogP contribution in [-0.4, -0.2) is 53.6 Å². The van der Waals surface area contributed by atoms with Gasteiger partial charge in [0.15, 0.2) is 17.3 Å². The Kier molecular flexibility index (Phi) is 4.95. The largest absolute Gasteiger partial charge is 0.493 e. The zero-order chi connectivity index (χ0) is 17.8. The zero-order valence-electron chi connectivity index (χ0n) is 14.0. The molecule has 0 spiro atoms. The van der Waals surface area contributed by atoms with Gasteiger partial charge in [0.05, 0.1) is 20.8 Å². The van der Waals surface area contributed by atoms with E-state index in [4.69, 9.17) is 9.47 Å². The fraction of sp³-hybridized carbons (Fsp3) is 0.278. The van der Waals surface area contributed by atoms with E-state index in [1.165, 1.54) is 0 Å². The predicted molar refractivity (Wildman–Crippen MR) is 91.7 cm³/mol. The quantitative estimate of drug-likeness (QED) is 0.881. The number of aliphatic imine (C=N–C) groups is 1. The second kappa shape index (κ2) is 7.31. The van der Waals surface area contributed by atoms with E-state index in [9.17, 15) is 9.90 Å². The number of pyridine rings is 1. The first-order chi connectivity index (χ1) is 12.1. The van der Waals surface area contributed by atoms with E-state index in [1.54, 1.807) is 43.5 Å². The van der Waals surface area contributed by atoms with Crippen molar-refractivity contribution in [1.82, 2.24) is 9.88 Å². The van der Waals surface area contributed by atoms with Crippen LogP contribution in [0.5, 0.6) is 11.5 Å². The first-order valence-electron chi connectivity index (χ1n) is 7.79. The van der Waals surface area contributed by atoms with Crippen LogP contribution in [0.15, 0.2) is 47.6 Å². The summed E-state index contributed by atoms with van der Waals surface area (Å²) in [7, 11) is 3.14. The summed E-state index contributed by atoms with van der Waals surface area (Å²) in [5.41, 5.74) is 1.44. The van der Waals surface area contributed by atoms with Gasteiger partial charge in [-0.1, -0.05) is 18.2 Å².